The number of hydrogen-bond acceptors (Lipinski definition) is 4. The summed E-state index contributed by atoms with van der Waals surface area (Å²) in [6, 6.07) is -0.227. The molecule has 1 fully saturated rings. The fourth-order valence-corrected chi connectivity index (χ4v) is 0.949. The van der Waals surface area contributed by atoms with Gasteiger partial charge in [-0.2, -0.15) is 0 Å². The first-order valence-corrected chi connectivity index (χ1v) is 2.93. The number of nitrogens with one attached hydrogen (secondary N) is 1. The van der Waals surface area contributed by atoms with Crippen LogP contribution in [0.15, 0.2) is 0 Å². The minimum absolute atomic E-state index is 0.227. The molecular formula is C5H11NO3. The standard InChI is InChI=1S/C5H11NO3/c1-2-3(7)4(8)5(9)6-2/h2-9H,1H3/t2-,3+,4+,5?/m0/s1. The third-order valence-corrected chi connectivity index (χ3v) is 1.62. The highest BCUT2D eigenvalue weighted by Crippen LogP contribution is 2.10. The van der Waals surface area contributed by atoms with E-state index in [0.717, 1.165) is 0 Å². The number of aliphatic hydroxyl groups is 3. The Hall–Kier alpha value is -0.160. The molecule has 4 heteroatoms. The average molecular weight is 133 g/mol. The molecule has 4 N–H and O–H groups in total. The van der Waals surface area contributed by atoms with Crippen molar-refractivity contribution >= 4 is 0 Å². The van der Waals surface area contributed by atoms with E-state index in [4.69, 9.17) is 15.3 Å². The highest BCUT2D eigenvalue weighted by atomic mass is 16.4. The van der Waals surface area contributed by atoms with Crippen LogP contribution in [0.2, 0.25) is 0 Å². The molecule has 0 saturated carbocycles. The third-order valence-electron chi connectivity index (χ3n) is 1.62. The van der Waals surface area contributed by atoms with E-state index < -0.39 is 18.4 Å². The molecule has 0 radical (unpaired) electrons. The Bertz CT molecular complexity index is 96.4. The lowest BCUT2D eigenvalue weighted by Gasteiger charge is -2.09. The van der Waals surface area contributed by atoms with Crippen LogP contribution < -0.4 is 5.32 Å². The quantitative estimate of drug-likeness (QED) is 0.309. The zero-order chi connectivity index (χ0) is 7.02. The van der Waals surface area contributed by atoms with Gasteiger partial charge in [-0.1, -0.05) is 0 Å². The van der Waals surface area contributed by atoms with Crippen molar-refractivity contribution in [2.75, 3.05) is 0 Å². The monoisotopic (exact) mass is 133 g/mol. The lowest BCUT2D eigenvalue weighted by molar-refractivity contribution is -0.0233. The van der Waals surface area contributed by atoms with Crippen molar-refractivity contribution in [3.05, 3.63) is 0 Å². The Kier molecular flexibility index (Phi) is 1.72. The average Bonchev–Trinajstić information content (AvgIpc) is 1.98. The van der Waals surface area contributed by atoms with Gasteiger partial charge in [-0.15, -0.1) is 0 Å². The smallest absolute Gasteiger partial charge is 0.134 e. The molecule has 0 aromatic rings. The van der Waals surface area contributed by atoms with Crippen molar-refractivity contribution in [2.45, 2.75) is 31.4 Å². The molecule has 1 unspecified atom stereocenters. The van der Waals surface area contributed by atoms with Crippen molar-refractivity contribution in [3.8, 4) is 0 Å². The highest BCUT2D eigenvalue weighted by Gasteiger charge is 2.36. The van der Waals surface area contributed by atoms with Gasteiger partial charge < -0.3 is 15.3 Å². The van der Waals surface area contributed by atoms with Crippen molar-refractivity contribution < 1.29 is 15.3 Å². The first-order chi connectivity index (χ1) is 4.13. The maximum atomic E-state index is 8.96. The topological polar surface area (TPSA) is 72.7 Å². The van der Waals surface area contributed by atoms with Crippen LogP contribution in [0.1, 0.15) is 6.92 Å². The summed E-state index contributed by atoms with van der Waals surface area (Å²) < 4.78 is 0. The number of aliphatic hydroxyl groups excluding tert-OH is 3. The Labute approximate surface area is 53.1 Å². The molecule has 1 rings (SSSR count). The molecule has 4 atom stereocenters. The van der Waals surface area contributed by atoms with Gasteiger partial charge in [-0.25, -0.2) is 0 Å². The van der Waals surface area contributed by atoms with Crippen LogP contribution in [0.5, 0.6) is 0 Å². The van der Waals surface area contributed by atoms with Gasteiger partial charge >= 0.3 is 0 Å². The summed E-state index contributed by atoms with van der Waals surface area (Å²) in [6.07, 6.45) is -2.87. The van der Waals surface area contributed by atoms with E-state index in [0.29, 0.717) is 0 Å². The van der Waals surface area contributed by atoms with E-state index in [1.807, 2.05) is 0 Å². The van der Waals surface area contributed by atoms with Crippen LogP contribution in [0.3, 0.4) is 0 Å². The summed E-state index contributed by atoms with van der Waals surface area (Å²) in [5.74, 6) is 0. The predicted octanol–water partition coefficient (Wildman–Crippen LogP) is -1.98. The van der Waals surface area contributed by atoms with E-state index >= 15 is 0 Å². The molecule has 0 bridgehead atoms. The van der Waals surface area contributed by atoms with Crippen LogP contribution in [0.25, 0.3) is 0 Å². The fraction of sp³-hybridized carbons (Fsp3) is 1.00. The molecule has 1 aliphatic heterocycles. The van der Waals surface area contributed by atoms with Crippen molar-refractivity contribution in [3.63, 3.8) is 0 Å². The summed E-state index contributed by atoms with van der Waals surface area (Å²) in [7, 11) is 0. The lowest BCUT2D eigenvalue weighted by Crippen LogP contribution is -2.32. The normalized spacial score (nSPS) is 52.0. The second-order valence-electron chi connectivity index (χ2n) is 2.38. The van der Waals surface area contributed by atoms with E-state index in [1.165, 1.54) is 0 Å². The molecular weight excluding hydrogens is 122 g/mol. The van der Waals surface area contributed by atoms with E-state index in [9.17, 15) is 0 Å². The summed E-state index contributed by atoms with van der Waals surface area (Å²) in [5, 5.41) is 29.2. The molecule has 4 nitrogen and oxygen atoms in total. The van der Waals surface area contributed by atoms with Gasteiger partial charge in [0.25, 0.3) is 0 Å². The molecule has 54 valence electrons. The number of rotatable bonds is 0. The first-order valence-electron chi connectivity index (χ1n) is 2.93. The zero-order valence-corrected chi connectivity index (χ0v) is 5.15. The number of hydrogen-bond donors (Lipinski definition) is 4. The Morgan fingerprint density at radius 2 is 1.67 bits per heavy atom. The second kappa shape index (κ2) is 2.22. The van der Waals surface area contributed by atoms with Crippen LogP contribution in [-0.2, 0) is 0 Å². The van der Waals surface area contributed by atoms with Crippen LogP contribution in [-0.4, -0.2) is 39.8 Å². The predicted molar refractivity (Wildman–Crippen MR) is 30.6 cm³/mol. The molecule has 0 aliphatic carbocycles. The Morgan fingerprint density at radius 3 is 1.78 bits per heavy atom. The van der Waals surface area contributed by atoms with Crippen molar-refractivity contribution in [2.24, 2.45) is 0 Å². The summed E-state index contributed by atoms with van der Waals surface area (Å²) in [4.78, 5) is 0. The molecule has 1 saturated heterocycles. The maximum Gasteiger partial charge on any atom is 0.134 e. The highest BCUT2D eigenvalue weighted by molar-refractivity contribution is 4.90. The molecule has 1 heterocycles. The molecule has 1 aliphatic rings. The molecule has 9 heavy (non-hydrogen) atoms. The first kappa shape index (κ1) is 6.95. The summed E-state index contributed by atoms with van der Waals surface area (Å²) >= 11 is 0. The minimum atomic E-state index is -1.04. The zero-order valence-electron chi connectivity index (χ0n) is 5.15. The van der Waals surface area contributed by atoms with Gasteiger partial charge in [0, 0.05) is 6.04 Å². The minimum Gasteiger partial charge on any atom is -0.389 e. The van der Waals surface area contributed by atoms with Crippen LogP contribution >= 0.6 is 0 Å². The van der Waals surface area contributed by atoms with Crippen LogP contribution in [0, 0.1) is 0 Å². The van der Waals surface area contributed by atoms with E-state index in [-0.39, 0.29) is 6.04 Å². The SMILES string of the molecule is C[C@@H]1NC(O)[C@H](O)[C@@H]1O. The fourth-order valence-electron chi connectivity index (χ4n) is 0.949. The summed E-state index contributed by atoms with van der Waals surface area (Å²) in [5.41, 5.74) is 0. The van der Waals surface area contributed by atoms with Gasteiger partial charge in [-0.3, -0.25) is 5.32 Å². The Balaban J connectivity index is 2.54. The van der Waals surface area contributed by atoms with Gasteiger partial charge in [0.05, 0.1) is 6.10 Å². The van der Waals surface area contributed by atoms with Crippen molar-refractivity contribution in [1.82, 2.24) is 5.32 Å². The largest absolute Gasteiger partial charge is 0.389 e. The molecule has 0 spiro atoms. The second-order valence-corrected chi connectivity index (χ2v) is 2.38. The van der Waals surface area contributed by atoms with Crippen molar-refractivity contribution in [1.29, 1.82) is 0 Å². The van der Waals surface area contributed by atoms with E-state index in [1.54, 1.807) is 6.92 Å². The summed E-state index contributed by atoms with van der Waals surface area (Å²) in [6.45, 7) is 1.70. The maximum absolute atomic E-state index is 8.96. The van der Waals surface area contributed by atoms with Gasteiger partial charge in [-0.05, 0) is 6.92 Å². The molecule has 0 amide bonds. The van der Waals surface area contributed by atoms with Crippen LogP contribution in [0.4, 0.5) is 0 Å². The Morgan fingerprint density at radius 1 is 1.11 bits per heavy atom. The molecule has 0 aromatic carbocycles. The van der Waals surface area contributed by atoms with Gasteiger partial charge in [0.2, 0.25) is 0 Å². The van der Waals surface area contributed by atoms with Gasteiger partial charge in [0.1, 0.15) is 12.3 Å². The lowest BCUT2D eigenvalue weighted by atomic mass is 10.2. The van der Waals surface area contributed by atoms with E-state index in [2.05, 4.69) is 5.32 Å². The third kappa shape index (κ3) is 1.07. The molecule has 0 aromatic heterocycles. The van der Waals surface area contributed by atoms with Gasteiger partial charge in [0.15, 0.2) is 0 Å².